The molecule has 0 radical (unpaired) electrons. The van der Waals surface area contributed by atoms with Gasteiger partial charge in [0.25, 0.3) is 0 Å². The second kappa shape index (κ2) is 7.15. The van der Waals surface area contributed by atoms with Gasteiger partial charge >= 0.3 is 0 Å². The highest BCUT2D eigenvalue weighted by molar-refractivity contribution is 7.89. The zero-order valence-corrected chi connectivity index (χ0v) is 16.3. The number of methoxy groups -OCH3 is 1. The largest absolute Gasteiger partial charge is 0.494 e. The standard InChI is InChI=1S/C18H15N5O3S2/c1-26-15-9-11(17-20-6-7-27-17)8-12-10-21-18(23-16(12)15)22-13-2-4-14(5-3-13)28(19,24)25/h2-10H,1H3,(H2,19,24,25)(H,21,22,23). The van der Waals surface area contributed by atoms with E-state index >= 15 is 0 Å². The first-order valence-corrected chi connectivity index (χ1v) is 10.5. The van der Waals surface area contributed by atoms with Gasteiger partial charge in [-0.05, 0) is 36.4 Å². The first-order valence-electron chi connectivity index (χ1n) is 8.08. The Morgan fingerprint density at radius 3 is 2.57 bits per heavy atom. The van der Waals surface area contributed by atoms with E-state index in [1.54, 1.807) is 31.6 Å². The van der Waals surface area contributed by atoms with Gasteiger partial charge in [-0.25, -0.2) is 28.5 Å². The average Bonchev–Trinajstić information content (AvgIpc) is 3.22. The van der Waals surface area contributed by atoms with Crippen LogP contribution in [0.3, 0.4) is 0 Å². The fraction of sp³-hybridized carbons (Fsp3) is 0.0556. The summed E-state index contributed by atoms with van der Waals surface area (Å²) in [4.78, 5) is 13.2. The second-order valence-corrected chi connectivity index (χ2v) is 8.30. The SMILES string of the molecule is COc1cc(-c2nccs2)cc2cnc(Nc3ccc(S(N)(=O)=O)cc3)nc12. The third-order valence-corrected chi connectivity index (χ3v) is 5.74. The van der Waals surface area contributed by atoms with Crippen LogP contribution in [0, 0.1) is 0 Å². The molecule has 142 valence electrons. The van der Waals surface area contributed by atoms with Crippen LogP contribution in [0.25, 0.3) is 21.5 Å². The minimum atomic E-state index is -3.73. The fourth-order valence-corrected chi connectivity index (χ4v) is 3.82. The van der Waals surface area contributed by atoms with E-state index in [0.29, 0.717) is 22.9 Å². The number of anilines is 2. The van der Waals surface area contributed by atoms with Gasteiger partial charge in [-0.2, -0.15) is 0 Å². The van der Waals surface area contributed by atoms with Gasteiger partial charge in [0.2, 0.25) is 16.0 Å². The molecule has 3 N–H and O–H groups in total. The van der Waals surface area contributed by atoms with E-state index in [-0.39, 0.29) is 4.90 Å². The molecule has 10 heteroatoms. The number of nitrogens with zero attached hydrogens (tertiary/aromatic N) is 3. The number of primary sulfonamides is 1. The first kappa shape index (κ1) is 18.3. The molecule has 4 aromatic rings. The van der Waals surface area contributed by atoms with Crippen LogP contribution in [-0.2, 0) is 10.0 Å². The lowest BCUT2D eigenvalue weighted by atomic mass is 10.1. The topological polar surface area (TPSA) is 120 Å². The lowest BCUT2D eigenvalue weighted by molar-refractivity contribution is 0.419. The Bertz CT molecular complexity index is 1240. The zero-order chi connectivity index (χ0) is 19.7. The van der Waals surface area contributed by atoms with Crippen molar-refractivity contribution < 1.29 is 13.2 Å². The fourth-order valence-electron chi connectivity index (χ4n) is 2.68. The molecule has 2 aromatic heterocycles. The Kier molecular flexibility index (Phi) is 4.67. The van der Waals surface area contributed by atoms with Crippen molar-refractivity contribution in [1.29, 1.82) is 0 Å². The molecule has 0 atom stereocenters. The first-order chi connectivity index (χ1) is 13.4. The third-order valence-electron chi connectivity index (χ3n) is 3.99. The molecule has 0 saturated heterocycles. The molecule has 0 amide bonds. The summed E-state index contributed by atoms with van der Waals surface area (Å²) in [5.74, 6) is 0.967. The average molecular weight is 413 g/mol. The van der Waals surface area contributed by atoms with Crippen molar-refractivity contribution in [2.75, 3.05) is 12.4 Å². The van der Waals surface area contributed by atoms with Crippen LogP contribution in [0.2, 0.25) is 0 Å². The molecule has 0 aliphatic heterocycles. The molecule has 2 heterocycles. The van der Waals surface area contributed by atoms with Crippen molar-refractivity contribution in [2.24, 2.45) is 5.14 Å². The van der Waals surface area contributed by atoms with Crippen LogP contribution in [-0.4, -0.2) is 30.5 Å². The molecule has 0 unspecified atom stereocenters. The Morgan fingerprint density at radius 1 is 1.14 bits per heavy atom. The van der Waals surface area contributed by atoms with Gasteiger partial charge < -0.3 is 10.1 Å². The van der Waals surface area contributed by atoms with Gasteiger partial charge in [0.05, 0.1) is 12.0 Å². The smallest absolute Gasteiger partial charge is 0.238 e. The maximum Gasteiger partial charge on any atom is 0.238 e. The highest BCUT2D eigenvalue weighted by atomic mass is 32.2. The molecule has 2 aromatic carbocycles. The molecule has 0 fully saturated rings. The molecular weight excluding hydrogens is 398 g/mol. The van der Waals surface area contributed by atoms with Gasteiger partial charge in [0, 0.05) is 34.4 Å². The second-order valence-electron chi connectivity index (χ2n) is 5.84. The van der Waals surface area contributed by atoms with E-state index in [9.17, 15) is 8.42 Å². The summed E-state index contributed by atoms with van der Waals surface area (Å²) in [5.41, 5.74) is 2.22. The number of thiazole rings is 1. The van der Waals surface area contributed by atoms with Crippen LogP contribution < -0.4 is 15.2 Å². The molecule has 0 bridgehead atoms. The van der Waals surface area contributed by atoms with Crippen LogP contribution in [0.5, 0.6) is 5.75 Å². The van der Waals surface area contributed by atoms with Gasteiger partial charge in [-0.3, -0.25) is 0 Å². The number of benzene rings is 2. The number of rotatable bonds is 5. The van der Waals surface area contributed by atoms with E-state index in [2.05, 4.69) is 20.3 Å². The van der Waals surface area contributed by atoms with Crippen molar-refractivity contribution >= 4 is 43.9 Å². The van der Waals surface area contributed by atoms with Gasteiger partial charge in [-0.15, -0.1) is 11.3 Å². The van der Waals surface area contributed by atoms with Gasteiger partial charge in [-0.1, -0.05) is 0 Å². The van der Waals surface area contributed by atoms with Crippen LogP contribution in [0.1, 0.15) is 0 Å². The van der Waals surface area contributed by atoms with E-state index in [4.69, 9.17) is 9.88 Å². The molecule has 0 aliphatic carbocycles. The van der Waals surface area contributed by atoms with Crippen molar-refractivity contribution in [3.63, 3.8) is 0 Å². The molecular formula is C18H15N5O3S2. The van der Waals surface area contributed by atoms with Crippen molar-refractivity contribution in [2.45, 2.75) is 4.90 Å². The maximum atomic E-state index is 11.3. The Hall–Kier alpha value is -3.08. The summed E-state index contributed by atoms with van der Waals surface area (Å²) in [6.45, 7) is 0. The number of aromatic nitrogens is 3. The predicted molar refractivity (Wildman–Crippen MR) is 108 cm³/mol. The third kappa shape index (κ3) is 3.65. The number of ether oxygens (including phenoxy) is 1. The van der Waals surface area contributed by atoms with Gasteiger partial charge in [0.1, 0.15) is 16.3 Å². The highest BCUT2D eigenvalue weighted by Gasteiger charge is 2.12. The summed E-state index contributed by atoms with van der Waals surface area (Å²) in [7, 11) is -2.15. The number of fused-ring (bicyclic) bond motifs is 1. The van der Waals surface area contributed by atoms with E-state index in [0.717, 1.165) is 16.0 Å². The molecule has 0 aliphatic rings. The van der Waals surface area contributed by atoms with E-state index < -0.39 is 10.0 Å². The molecule has 0 saturated carbocycles. The van der Waals surface area contributed by atoms with E-state index in [1.165, 1.54) is 23.5 Å². The number of hydrogen-bond acceptors (Lipinski definition) is 8. The molecule has 28 heavy (non-hydrogen) atoms. The highest BCUT2D eigenvalue weighted by Crippen LogP contribution is 2.32. The van der Waals surface area contributed by atoms with Crippen molar-refractivity contribution in [3.8, 4) is 16.3 Å². The summed E-state index contributed by atoms with van der Waals surface area (Å²) in [6, 6.07) is 9.87. The normalized spacial score (nSPS) is 11.5. The minimum Gasteiger partial charge on any atom is -0.494 e. The van der Waals surface area contributed by atoms with Crippen molar-refractivity contribution in [3.05, 3.63) is 54.2 Å². The lowest BCUT2D eigenvalue weighted by Crippen LogP contribution is -2.11. The predicted octanol–water partition coefficient (Wildman–Crippen LogP) is 3.15. The van der Waals surface area contributed by atoms with Crippen LogP contribution >= 0.6 is 11.3 Å². The number of nitrogens with two attached hydrogens (primary N) is 1. The number of nitrogens with one attached hydrogen (secondary N) is 1. The summed E-state index contributed by atoms with van der Waals surface area (Å²) in [6.07, 6.45) is 3.45. The monoisotopic (exact) mass is 413 g/mol. The van der Waals surface area contributed by atoms with Crippen LogP contribution in [0.4, 0.5) is 11.6 Å². The Labute approximate surface area is 165 Å². The van der Waals surface area contributed by atoms with E-state index in [1.807, 2.05) is 17.5 Å². The number of sulfonamides is 1. The van der Waals surface area contributed by atoms with Crippen molar-refractivity contribution in [1.82, 2.24) is 15.0 Å². The quantitative estimate of drug-likeness (QED) is 0.515. The molecule has 4 rings (SSSR count). The summed E-state index contributed by atoms with van der Waals surface area (Å²) in [5, 5.41) is 11.8. The summed E-state index contributed by atoms with van der Waals surface area (Å²) >= 11 is 1.54. The Balaban J connectivity index is 1.68. The molecule has 8 nitrogen and oxygen atoms in total. The van der Waals surface area contributed by atoms with Gasteiger partial charge in [0.15, 0.2) is 0 Å². The summed E-state index contributed by atoms with van der Waals surface area (Å²) < 4.78 is 28.2. The van der Waals surface area contributed by atoms with Crippen LogP contribution in [0.15, 0.2) is 59.1 Å². The zero-order valence-electron chi connectivity index (χ0n) is 14.7. The Morgan fingerprint density at radius 2 is 1.93 bits per heavy atom. The maximum absolute atomic E-state index is 11.3. The minimum absolute atomic E-state index is 0.0360. The lowest BCUT2D eigenvalue weighted by Gasteiger charge is -2.10. The number of hydrogen-bond donors (Lipinski definition) is 2. The molecule has 0 spiro atoms.